The Balaban J connectivity index is 2.02. The fraction of sp³-hybridized carbons (Fsp3) is 0.263. The Morgan fingerprint density at radius 3 is 2.25 bits per heavy atom. The molecule has 0 spiro atoms. The van der Waals surface area contributed by atoms with Crippen molar-refractivity contribution in [2.24, 2.45) is 0 Å². The molecule has 2 unspecified atom stereocenters. The topological polar surface area (TPSA) is 61.8 Å². The van der Waals surface area contributed by atoms with Gasteiger partial charge in [-0.3, -0.25) is 9.59 Å². The van der Waals surface area contributed by atoms with Crippen LogP contribution in [0.15, 0.2) is 48.5 Å². The van der Waals surface area contributed by atoms with Crippen LogP contribution in [0.25, 0.3) is 0 Å². The van der Waals surface area contributed by atoms with Gasteiger partial charge in [-0.2, -0.15) is 0 Å². The Hall–Kier alpha value is -2.82. The lowest BCUT2D eigenvalue weighted by Crippen LogP contribution is -2.51. The molecule has 1 aliphatic heterocycles. The summed E-state index contributed by atoms with van der Waals surface area (Å²) < 4.78 is 17.6. The fourth-order valence-electron chi connectivity index (χ4n) is 3.82. The first-order valence-electron chi connectivity index (χ1n) is 7.74. The number of hydrogen-bond donors (Lipinski definition) is 0. The van der Waals surface area contributed by atoms with Crippen molar-refractivity contribution in [1.29, 1.82) is 0 Å². The molecule has 0 saturated carbocycles. The standard InChI is InChI=1S/C19H16O5/c1-12(20)22-18-11-14-7-3-4-8-15(14)19(18,23-13(2)21)24-17-10-6-5-9-16(17)18/h3-10H,11H2,1-2H3. The molecule has 24 heavy (non-hydrogen) atoms. The maximum atomic E-state index is 11.9. The number of para-hydroxylation sites is 1. The molecule has 1 heterocycles. The van der Waals surface area contributed by atoms with Crippen molar-refractivity contribution in [3.63, 3.8) is 0 Å². The molecular weight excluding hydrogens is 308 g/mol. The van der Waals surface area contributed by atoms with E-state index in [2.05, 4.69) is 0 Å². The Kier molecular flexibility index (Phi) is 2.97. The van der Waals surface area contributed by atoms with Crippen molar-refractivity contribution in [2.45, 2.75) is 31.7 Å². The number of esters is 2. The second kappa shape index (κ2) is 4.84. The molecule has 0 saturated heterocycles. The van der Waals surface area contributed by atoms with E-state index in [9.17, 15) is 9.59 Å². The highest BCUT2D eigenvalue weighted by Crippen LogP contribution is 2.61. The van der Waals surface area contributed by atoms with E-state index in [1.54, 1.807) is 6.07 Å². The van der Waals surface area contributed by atoms with Crippen molar-refractivity contribution in [3.8, 4) is 5.75 Å². The molecule has 122 valence electrons. The van der Waals surface area contributed by atoms with E-state index in [1.165, 1.54) is 13.8 Å². The monoisotopic (exact) mass is 324 g/mol. The molecule has 1 aliphatic carbocycles. The van der Waals surface area contributed by atoms with E-state index in [0.717, 1.165) is 5.56 Å². The van der Waals surface area contributed by atoms with Crippen LogP contribution in [0.2, 0.25) is 0 Å². The van der Waals surface area contributed by atoms with Gasteiger partial charge in [0.05, 0.1) is 0 Å². The first kappa shape index (κ1) is 14.8. The second-order valence-corrected chi connectivity index (χ2v) is 6.06. The summed E-state index contributed by atoms with van der Waals surface area (Å²) in [5.41, 5.74) is 1.12. The normalized spacial score (nSPS) is 25.9. The largest absolute Gasteiger partial charge is 0.445 e. The zero-order valence-electron chi connectivity index (χ0n) is 13.4. The number of carbonyl (C=O) groups is 2. The fourth-order valence-corrected chi connectivity index (χ4v) is 3.82. The predicted octanol–water partition coefficient (Wildman–Crippen LogP) is 2.81. The van der Waals surface area contributed by atoms with Crippen LogP contribution in [-0.2, 0) is 36.9 Å². The third-order valence-corrected chi connectivity index (χ3v) is 4.52. The van der Waals surface area contributed by atoms with E-state index in [4.69, 9.17) is 14.2 Å². The van der Waals surface area contributed by atoms with Gasteiger partial charge in [0.2, 0.25) is 5.60 Å². The van der Waals surface area contributed by atoms with Crippen LogP contribution in [0.5, 0.6) is 5.75 Å². The van der Waals surface area contributed by atoms with Crippen LogP contribution in [-0.4, -0.2) is 11.9 Å². The van der Waals surface area contributed by atoms with Crippen molar-refractivity contribution in [3.05, 3.63) is 65.2 Å². The summed E-state index contributed by atoms with van der Waals surface area (Å²) in [6.45, 7) is 2.66. The molecule has 0 fully saturated rings. The number of fused-ring (bicyclic) bond motifs is 5. The van der Waals surface area contributed by atoms with Crippen LogP contribution in [0.1, 0.15) is 30.5 Å². The van der Waals surface area contributed by atoms with Gasteiger partial charge in [-0.1, -0.05) is 42.5 Å². The maximum absolute atomic E-state index is 11.9. The number of carbonyl (C=O) groups excluding carboxylic acids is 2. The summed E-state index contributed by atoms with van der Waals surface area (Å²) in [6.07, 6.45) is 0.382. The first-order valence-corrected chi connectivity index (χ1v) is 7.74. The van der Waals surface area contributed by atoms with Gasteiger partial charge in [-0.15, -0.1) is 0 Å². The lowest BCUT2D eigenvalue weighted by Gasteiger charge is -2.37. The summed E-state index contributed by atoms with van der Waals surface area (Å²) in [6, 6.07) is 14.8. The highest BCUT2D eigenvalue weighted by Gasteiger charge is 2.71. The lowest BCUT2D eigenvalue weighted by atomic mass is 9.87. The van der Waals surface area contributed by atoms with E-state index in [-0.39, 0.29) is 0 Å². The minimum absolute atomic E-state index is 0.382. The van der Waals surface area contributed by atoms with Gasteiger partial charge in [0.15, 0.2) is 0 Å². The Morgan fingerprint density at radius 2 is 1.54 bits per heavy atom. The smallest absolute Gasteiger partial charge is 0.326 e. The molecule has 0 amide bonds. The van der Waals surface area contributed by atoms with Gasteiger partial charge in [-0.25, -0.2) is 0 Å². The SMILES string of the molecule is CC(=O)OC12Cc3ccccc3C1(OC(C)=O)Oc1ccccc12. The van der Waals surface area contributed by atoms with E-state index in [0.29, 0.717) is 23.3 Å². The molecule has 2 atom stereocenters. The van der Waals surface area contributed by atoms with E-state index < -0.39 is 23.3 Å². The second-order valence-electron chi connectivity index (χ2n) is 6.06. The van der Waals surface area contributed by atoms with Crippen LogP contribution in [0, 0.1) is 0 Å². The van der Waals surface area contributed by atoms with Crippen LogP contribution in [0.4, 0.5) is 0 Å². The average Bonchev–Trinajstić information content (AvgIpc) is 2.91. The quantitative estimate of drug-likeness (QED) is 0.795. The van der Waals surface area contributed by atoms with Crippen molar-refractivity contribution < 1.29 is 23.8 Å². The summed E-state index contributed by atoms with van der Waals surface area (Å²) in [5, 5.41) is 0. The molecule has 5 heteroatoms. The highest BCUT2D eigenvalue weighted by molar-refractivity contribution is 5.71. The van der Waals surface area contributed by atoms with Crippen LogP contribution in [0.3, 0.4) is 0 Å². The van der Waals surface area contributed by atoms with Gasteiger partial charge in [0, 0.05) is 31.4 Å². The molecule has 5 nitrogen and oxygen atoms in total. The molecule has 0 radical (unpaired) electrons. The molecule has 2 aliphatic rings. The number of hydrogen-bond acceptors (Lipinski definition) is 5. The van der Waals surface area contributed by atoms with Crippen LogP contribution >= 0.6 is 0 Å². The summed E-state index contributed by atoms with van der Waals surface area (Å²) in [4.78, 5) is 23.8. The van der Waals surface area contributed by atoms with E-state index >= 15 is 0 Å². The minimum Gasteiger partial charge on any atom is -0.445 e. The Morgan fingerprint density at radius 1 is 0.917 bits per heavy atom. The maximum Gasteiger partial charge on any atom is 0.326 e. The number of benzene rings is 2. The zero-order chi connectivity index (χ0) is 16.9. The summed E-state index contributed by atoms with van der Waals surface area (Å²) >= 11 is 0. The molecular formula is C19H16O5. The van der Waals surface area contributed by atoms with Gasteiger partial charge in [0.25, 0.3) is 0 Å². The summed E-state index contributed by atoms with van der Waals surface area (Å²) in [7, 11) is 0. The third-order valence-electron chi connectivity index (χ3n) is 4.52. The molecule has 0 aromatic heterocycles. The van der Waals surface area contributed by atoms with Crippen molar-refractivity contribution in [2.75, 3.05) is 0 Å². The van der Waals surface area contributed by atoms with Crippen molar-refractivity contribution >= 4 is 11.9 Å². The van der Waals surface area contributed by atoms with E-state index in [1.807, 2.05) is 42.5 Å². The Bertz CT molecular complexity index is 787. The molecule has 4 rings (SSSR count). The molecule has 2 aromatic carbocycles. The van der Waals surface area contributed by atoms with Gasteiger partial charge in [-0.05, 0) is 11.6 Å². The highest BCUT2D eigenvalue weighted by atomic mass is 16.8. The number of rotatable bonds is 2. The number of ether oxygens (including phenoxy) is 3. The summed E-state index contributed by atoms with van der Waals surface area (Å²) in [5.74, 6) is -1.91. The molecule has 0 N–H and O–H groups in total. The average molecular weight is 324 g/mol. The van der Waals surface area contributed by atoms with Crippen molar-refractivity contribution in [1.82, 2.24) is 0 Å². The lowest BCUT2D eigenvalue weighted by molar-refractivity contribution is -0.267. The van der Waals surface area contributed by atoms with Gasteiger partial charge in [0.1, 0.15) is 5.75 Å². The Labute approximate surface area is 139 Å². The first-order chi connectivity index (χ1) is 11.5. The van der Waals surface area contributed by atoms with Gasteiger partial charge >= 0.3 is 17.7 Å². The van der Waals surface area contributed by atoms with Crippen LogP contribution < -0.4 is 4.74 Å². The molecule has 0 bridgehead atoms. The predicted molar refractivity (Wildman–Crippen MR) is 84.1 cm³/mol. The third kappa shape index (κ3) is 1.75. The minimum atomic E-state index is -1.50. The zero-order valence-corrected chi connectivity index (χ0v) is 13.4. The molecule has 2 aromatic rings. The van der Waals surface area contributed by atoms with Gasteiger partial charge < -0.3 is 14.2 Å².